The maximum Gasteiger partial charge on any atom is 0.260 e. The molecule has 19 heavy (non-hydrogen) atoms. The second kappa shape index (κ2) is 5.21. The number of aliphatic hydroxyl groups is 1. The first-order valence-electron chi connectivity index (χ1n) is 6.61. The zero-order chi connectivity index (χ0) is 14.0. The van der Waals surface area contributed by atoms with Crippen molar-refractivity contribution in [3.63, 3.8) is 0 Å². The summed E-state index contributed by atoms with van der Waals surface area (Å²) in [7, 11) is 0. The van der Waals surface area contributed by atoms with Crippen LogP contribution in [0.15, 0.2) is 24.3 Å². The highest BCUT2D eigenvalue weighted by atomic mass is 16.5. The summed E-state index contributed by atoms with van der Waals surface area (Å²) in [6.07, 6.45) is 0. The third-order valence-corrected chi connectivity index (χ3v) is 3.31. The molecule has 1 aromatic carbocycles. The lowest BCUT2D eigenvalue weighted by Gasteiger charge is -2.44. The van der Waals surface area contributed by atoms with Crippen molar-refractivity contribution >= 4 is 5.91 Å². The first-order valence-corrected chi connectivity index (χ1v) is 6.61. The van der Waals surface area contributed by atoms with Gasteiger partial charge in [0.1, 0.15) is 5.75 Å². The Balaban J connectivity index is 1.91. The van der Waals surface area contributed by atoms with Crippen LogP contribution in [0.5, 0.6) is 5.75 Å². The largest absolute Gasteiger partial charge is 0.483 e. The van der Waals surface area contributed by atoms with Crippen molar-refractivity contribution in [3.8, 4) is 5.75 Å². The van der Waals surface area contributed by atoms with Crippen molar-refractivity contribution in [2.75, 3.05) is 19.7 Å². The predicted octanol–water partition coefficient (Wildman–Crippen LogP) is 1.78. The molecule has 1 aliphatic heterocycles. The first-order chi connectivity index (χ1) is 8.89. The molecule has 1 saturated heterocycles. The average Bonchev–Trinajstić information content (AvgIpc) is 2.33. The molecule has 0 aromatic heterocycles. The monoisotopic (exact) mass is 263 g/mol. The number of amides is 1. The van der Waals surface area contributed by atoms with Crippen molar-refractivity contribution in [2.45, 2.75) is 32.3 Å². The van der Waals surface area contributed by atoms with Gasteiger partial charge in [0.05, 0.1) is 18.7 Å². The van der Waals surface area contributed by atoms with Gasteiger partial charge in [0.15, 0.2) is 6.61 Å². The molecule has 2 rings (SSSR count). The summed E-state index contributed by atoms with van der Waals surface area (Å²) in [5.74, 6) is 1.04. The lowest BCUT2D eigenvalue weighted by atomic mass is 9.97. The second-order valence-electron chi connectivity index (χ2n) is 5.73. The number of carbonyl (C=O) groups is 1. The van der Waals surface area contributed by atoms with Gasteiger partial charge in [0.25, 0.3) is 5.91 Å². The summed E-state index contributed by atoms with van der Waals surface area (Å²) in [5.41, 5.74) is 0.372. The minimum absolute atomic E-state index is 0.0276. The molecule has 0 saturated carbocycles. The van der Waals surface area contributed by atoms with Crippen LogP contribution in [0.3, 0.4) is 0 Å². The Bertz CT molecular complexity index is 460. The predicted molar refractivity (Wildman–Crippen MR) is 73.2 cm³/mol. The van der Waals surface area contributed by atoms with E-state index >= 15 is 0 Å². The van der Waals surface area contributed by atoms with Crippen LogP contribution in [0.2, 0.25) is 0 Å². The molecule has 1 N–H and O–H groups in total. The quantitative estimate of drug-likeness (QED) is 0.901. The average molecular weight is 263 g/mol. The summed E-state index contributed by atoms with van der Waals surface area (Å²) in [4.78, 5) is 13.5. The highest BCUT2D eigenvalue weighted by Gasteiger charge is 2.39. The Kier molecular flexibility index (Phi) is 3.80. The third kappa shape index (κ3) is 3.26. The van der Waals surface area contributed by atoms with Gasteiger partial charge in [-0.2, -0.15) is 0 Å². The van der Waals surface area contributed by atoms with Gasteiger partial charge in [-0.1, -0.05) is 32.0 Å². The topological polar surface area (TPSA) is 49.8 Å². The Morgan fingerprint density at radius 2 is 2.05 bits per heavy atom. The summed E-state index contributed by atoms with van der Waals surface area (Å²) in [6.45, 7) is 6.72. The molecule has 4 heteroatoms. The van der Waals surface area contributed by atoms with Gasteiger partial charge >= 0.3 is 0 Å². The van der Waals surface area contributed by atoms with E-state index in [1.807, 2.05) is 24.3 Å². The van der Waals surface area contributed by atoms with Gasteiger partial charge < -0.3 is 14.7 Å². The molecular formula is C15H21NO3. The number of carbonyl (C=O) groups excluding carboxylic acids is 1. The number of benzene rings is 1. The van der Waals surface area contributed by atoms with E-state index in [0.29, 0.717) is 19.0 Å². The molecule has 1 aliphatic rings. The molecule has 0 radical (unpaired) electrons. The molecule has 1 amide bonds. The number of β-amino-alcohol motifs (C(OH)–C–C–N with tert-alkyl or cyclic N) is 1. The lowest BCUT2D eigenvalue weighted by Crippen LogP contribution is -2.62. The molecule has 0 aliphatic carbocycles. The molecule has 0 atom stereocenters. The van der Waals surface area contributed by atoms with Crippen molar-refractivity contribution in [2.24, 2.45) is 0 Å². The fourth-order valence-electron chi connectivity index (χ4n) is 2.27. The Morgan fingerprint density at radius 3 is 2.63 bits per heavy atom. The maximum atomic E-state index is 11.9. The van der Waals surface area contributed by atoms with Crippen LogP contribution in [0.1, 0.15) is 32.3 Å². The van der Waals surface area contributed by atoms with E-state index in [1.165, 1.54) is 0 Å². The number of rotatable bonds is 4. The minimum Gasteiger partial charge on any atom is -0.483 e. The van der Waals surface area contributed by atoms with E-state index in [0.717, 1.165) is 11.3 Å². The fraction of sp³-hybridized carbons (Fsp3) is 0.533. The number of ether oxygens (including phenoxy) is 1. The standard InChI is InChI=1S/C15H21NO3/c1-11(2)12-6-4-5-7-13(12)19-8-14(17)16-9-15(3,18)10-16/h4-7,11,18H,8-10H2,1-3H3. The van der Waals surface area contributed by atoms with E-state index < -0.39 is 5.60 Å². The van der Waals surface area contributed by atoms with E-state index in [1.54, 1.807) is 11.8 Å². The number of para-hydroxylation sites is 1. The van der Waals surface area contributed by atoms with Crippen LogP contribution in [-0.4, -0.2) is 41.2 Å². The van der Waals surface area contributed by atoms with Gasteiger partial charge in [-0.3, -0.25) is 4.79 Å². The van der Waals surface area contributed by atoms with Crippen molar-refractivity contribution in [3.05, 3.63) is 29.8 Å². The molecule has 1 aromatic rings. The Labute approximate surface area is 114 Å². The number of nitrogens with zero attached hydrogens (tertiary/aromatic N) is 1. The van der Waals surface area contributed by atoms with Crippen LogP contribution >= 0.6 is 0 Å². The SMILES string of the molecule is CC(C)c1ccccc1OCC(=O)N1CC(C)(O)C1. The molecule has 1 heterocycles. The van der Waals surface area contributed by atoms with E-state index in [-0.39, 0.29) is 12.5 Å². The molecule has 1 fully saturated rings. The summed E-state index contributed by atoms with van der Waals surface area (Å²) >= 11 is 0. The molecular weight excluding hydrogens is 242 g/mol. The summed E-state index contributed by atoms with van der Waals surface area (Å²) in [5, 5.41) is 9.60. The van der Waals surface area contributed by atoms with Crippen LogP contribution < -0.4 is 4.74 Å². The summed E-state index contributed by atoms with van der Waals surface area (Å²) in [6, 6.07) is 7.77. The number of likely N-dealkylation sites (tertiary alicyclic amines) is 1. The smallest absolute Gasteiger partial charge is 0.260 e. The molecule has 0 bridgehead atoms. The highest BCUT2D eigenvalue weighted by molar-refractivity contribution is 5.79. The van der Waals surface area contributed by atoms with Gasteiger partial charge in [0, 0.05) is 0 Å². The molecule has 0 unspecified atom stereocenters. The zero-order valence-electron chi connectivity index (χ0n) is 11.7. The zero-order valence-corrected chi connectivity index (χ0v) is 11.7. The Morgan fingerprint density at radius 1 is 1.42 bits per heavy atom. The van der Waals surface area contributed by atoms with E-state index in [2.05, 4.69) is 13.8 Å². The van der Waals surface area contributed by atoms with Gasteiger partial charge in [-0.15, -0.1) is 0 Å². The molecule has 104 valence electrons. The third-order valence-electron chi connectivity index (χ3n) is 3.31. The maximum absolute atomic E-state index is 11.9. The first kappa shape index (κ1) is 13.9. The Hall–Kier alpha value is -1.55. The van der Waals surface area contributed by atoms with Crippen molar-refractivity contribution < 1.29 is 14.6 Å². The summed E-state index contributed by atoms with van der Waals surface area (Å²) < 4.78 is 5.61. The highest BCUT2D eigenvalue weighted by Crippen LogP contribution is 2.26. The van der Waals surface area contributed by atoms with Gasteiger partial charge in [0.2, 0.25) is 0 Å². The van der Waals surface area contributed by atoms with Gasteiger partial charge in [-0.05, 0) is 24.5 Å². The number of hydrogen-bond acceptors (Lipinski definition) is 3. The van der Waals surface area contributed by atoms with Crippen LogP contribution in [0.25, 0.3) is 0 Å². The van der Waals surface area contributed by atoms with E-state index in [9.17, 15) is 9.90 Å². The molecule has 4 nitrogen and oxygen atoms in total. The lowest BCUT2D eigenvalue weighted by molar-refractivity contribution is -0.154. The minimum atomic E-state index is -0.731. The second-order valence-corrected chi connectivity index (χ2v) is 5.73. The van der Waals surface area contributed by atoms with Gasteiger partial charge in [-0.25, -0.2) is 0 Å². The van der Waals surface area contributed by atoms with Crippen molar-refractivity contribution in [1.29, 1.82) is 0 Å². The molecule has 0 spiro atoms. The van der Waals surface area contributed by atoms with E-state index in [4.69, 9.17) is 4.74 Å². The van der Waals surface area contributed by atoms with Crippen LogP contribution in [-0.2, 0) is 4.79 Å². The van der Waals surface area contributed by atoms with Crippen LogP contribution in [0.4, 0.5) is 0 Å². The van der Waals surface area contributed by atoms with Crippen molar-refractivity contribution in [1.82, 2.24) is 4.90 Å². The normalized spacial score (nSPS) is 17.2. The fourth-order valence-corrected chi connectivity index (χ4v) is 2.27. The van der Waals surface area contributed by atoms with Crippen LogP contribution in [0, 0.1) is 0 Å². The number of hydrogen-bond donors (Lipinski definition) is 1.